The molecule has 1 aromatic heterocycles. The standard InChI is InChI=1S/C17H16ClNO/c1-11-3-6-16-13(7-11)8-17(20-16)15-9-14(18)5-4-12(15)10-19-2/h3-9,19H,10H2,1-2H3. The largest absolute Gasteiger partial charge is 0.456 e. The first-order chi connectivity index (χ1) is 9.67. The van der Waals surface area contributed by atoms with Crippen LogP contribution in [0.5, 0.6) is 0 Å². The Morgan fingerprint density at radius 2 is 1.95 bits per heavy atom. The summed E-state index contributed by atoms with van der Waals surface area (Å²) >= 11 is 6.13. The summed E-state index contributed by atoms with van der Waals surface area (Å²) in [5.41, 5.74) is 4.35. The van der Waals surface area contributed by atoms with E-state index in [9.17, 15) is 0 Å². The van der Waals surface area contributed by atoms with Crippen molar-refractivity contribution >= 4 is 22.6 Å². The summed E-state index contributed by atoms with van der Waals surface area (Å²) in [6, 6.07) is 14.2. The summed E-state index contributed by atoms with van der Waals surface area (Å²) in [6.07, 6.45) is 0. The first-order valence-electron chi connectivity index (χ1n) is 6.61. The Morgan fingerprint density at radius 3 is 2.75 bits per heavy atom. The number of nitrogens with one attached hydrogen (secondary N) is 1. The van der Waals surface area contributed by atoms with Crippen molar-refractivity contribution in [2.24, 2.45) is 0 Å². The van der Waals surface area contributed by atoms with Crippen LogP contribution in [0.25, 0.3) is 22.3 Å². The van der Waals surface area contributed by atoms with E-state index in [2.05, 4.69) is 30.4 Å². The van der Waals surface area contributed by atoms with E-state index in [0.717, 1.165) is 33.9 Å². The molecule has 0 unspecified atom stereocenters. The van der Waals surface area contributed by atoms with E-state index in [1.165, 1.54) is 11.1 Å². The van der Waals surface area contributed by atoms with Crippen LogP contribution in [0.4, 0.5) is 0 Å². The minimum atomic E-state index is 0.719. The van der Waals surface area contributed by atoms with E-state index in [1.54, 1.807) is 0 Å². The summed E-state index contributed by atoms with van der Waals surface area (Å²) in [5, 5.41) is 5.01. The second-order valence-corrected chi connectivity index (χ2v) is 5.42. The number of furan rings is 1. The molecule has 2 nitrogen and oxygen atoms in total. The lowest BCUT2D eigenvalue weighted by atomic mass is 10.0. The highest BCUT2D eigenvalue weighted by molar-refractivity contribution is 6.30. The highest BCUT2D eigenvalue weighted by atomic mass is 35.5. The normalized spacial score (nSPS) is 11.2. The molecule has 102 valence electrons. The number of fused-ring (bicyclic) bond motifs is 1. The Bertz CT molecular complexity index is 761. The SMILES string of the molecule is CNCc1ccc(Cl)cc1-c1cc2cc(C)ccc2o1. The maximum Gasteiger partial charge on any atom is 0.135 e. The number of halogens is 1. The van der Waals surface area contributed by atoms with Crippen molar-refractivity contribution in [2.45, 2.75) is 13.5 Å². The third-order valence-electron chi connectivity index (χ3n) is 3.38. The van der Waals surface area contributed by atoms with Gasteiger partial charge in [-0.05, 0) is 49.9 Å². The first-order valence-corrected chi connectivity index (χ1v) is 6.99. The highest BCUT2D eigenvalue weighted by Gasteiger charge is 2.11. The summed E-state index contributed by atoms with van der Waals surface area (Å²) < 4.78 is 5.96. The zero-order valence-electron chi connectivity index (χ0n) is 11.5. The molecule has 20 heavy (non-hydrogen) atoms. The molecule has 0 spiro atoms. The predicted octanol–water partition coefficient (Wildman–Crippen LogP) is 4.78. The van der Waals surface area contributed by atoms with Gasteiger partial charge in [0.05, 0.1) is 0 Å². The molecule has 1 N–H and O–H groups in total. The number of benzene rings is 2. The molecule has 0 radical (unpaired) electrons. The van der Waals surface area contributed by atoms with Crippen molar-refractivity contribution in [1.82, 2.24) is 5.32 Å². The van der Waals surface area contributed by atoms with E-state index in [-0.39, 0.29) is 0 Å². The Morgan fingerprint density at radius 1 is 1.10 bits per heavy atom. The van der Waals surface area contributed by atoms with Crippen molar-refractivity contribution in [2.75, 3.05) is 7.05 Å². The minimum Gasteiger partial charge on any atom is -0.456 e. The van der Waals surface area contributed by atoms with E-state index in [0.29, 0.717) is 0 Å². The van der Waals surface area contributed by atoms with Gasteiger partial charge < -0.3 is 9.73 Å². The molecule has 0 bridgehead atoms. The van der Waals surface area contributed by atoms with Gasteiger partial charge >= 0.3 is 0 Å². The van der Waals surface area contributed by atoms with Crippen molar-refractivity contribution in [1.29, 1.82) is 0 Å². The first kappa shape index (κ1) is 13.2. The van der Waals surface area contributed by atoms with Gasteiger partial charge in [0, 0.05) is 22.5 Å². The fourth-order valence-electron chi connectivity index (χ4n) is 2.42. The minimum absolute atomic E-state index is 0.719. The molecule has 3 heteroatoms. The van der Waals surface area contributed by atoms with Crippen LogP contribution >= 0.6 is 11.6 Å². The Labute approximate surface area is 123 Å². The maximum absolute atomic E-state index is 6.13. The molecule has 0 amide bonds. The van der Waals surface area contributed by atoms with Crippen LogP contribution in [0.1, 0.15) is 11.1 Å². The summed E-state index contributed by atoms with van der Waals surface area (Å²) in [5.74, 6) is 0.860. The quantitative estimate of drug-likeness (QED) is 0.749. The van der Waals surface area contributed by atoms with E-state index in [1.807, 2.05) is 31.3 Å². The highest BCUT2D eigenvalue weighted by Crippen LogP contribution is 2.32. The average molecular weight is 286 g/mol. The second kappa shape index (κ2) is 5.31. The zero-order chi connectivity index (χ0) is 14.1. The van der Waals surface area contributed by atoms with Gasteiger partial charge in [-0.15, -0.1) is 0 Å². The smallest absolute Gasteiger partial charge is 0.135 e. The Kier molecular flexibility index (Phi) is 3.51. The molecule has 1 heterocycles. The van der Waals surface area contributed by atoms with Crippen LogP contribution in [0.3, 0.4) is 0 Å². The molecular formula is C17H16ClNO. The maximum atomic E-state index is 6.13. The lowest BCUT2D eigenvalue weighted by Crippen LogP contribution is -2.06. The van der Waals surface area contributed by atoms with Crippen LogP contribution < -0.4 is 5.32 Å². The number of hydrogen-bond acceptors (Lipinski definition) is 2. The number of aryl methyl sites for hydroxylation is 1. The molecule has 0 fully saturated rings. The van der Waals surface area contributed by atoms with Crippen LogP contribution in [0.15, 0.2) is 46.9 Å². The lowest BCUT2D eigenvalue weighted by molar-refractivity contribution is 0.629. The molecule has 2 aromatic carbocycles. The molecule has 0 atom stereocenters. The third kappa shape index (κ3) is 2.45. The van der Waals surface area contributed by atoms with Gasteiger partial charge in [0.15, 0.2) is 0 Å². The summed E-state index contributed by atoms with van der Waals surface area (Å²) in [6.45, 7) is 2.86. The van der Waals surface area contributed by atoms with Crippen LogP contribution in [-0.2, 0) is 6.54 Å². The van der Waals surface area contributed by atoms with Crippen molar-refractivity contribution < 1.29 is 4.42 Å². The van der Waals surface area contributed by atoms with Crippen molar-refractivity contribution in [3.8, 4) is 11.3 Å². The Balaban J connectivity index is 2.16. The number of rotatable bonds is 3. The lowest BCUT2D eigenvalue weighted by Gasteiger charge is -2.07. The molecule has 3 aromatic rings. The van der Waals surface area contributed by atoms with Crippen LogP contribution in [0.2, 0.25) is 5.02 Å². The molecule has 0 aliphatic rings. The molecule has 0 saturated carbocycles. The molecule has 3 rings (SSSR count). The predicted molar refractivity (Wildman–Crippen MR) is 84.2 cm³/mol. The fourth-order valence-corrected chi connectivity index (χ4v) is 2.59. The Hall–Kier alpha value is -1.77. The molecule has 0 aliphatic carbocycles. The monoisotopic (exact) mass is 285 g/mol. The van der Waals surface area contributed by atoms with Gasteiger partial charge in [-0.2, -0.15) is 0 Å². The molecular weight excluding hydrogens is 270 g/mol. The molecule has 0 aliphatic heterocycles. The van der Waals surface area contributed by atoms with Gasteiger partial charge in [0.25, 0.3) is 0 Å². The van der Waals surface area contributed by atoms with Gasteiger partial charge in [-0.1, -0.05) is 29.3 Å². The molecule has 0 saturated heterocycles. The van der Waals surface area contributed by atoms with E-state index in [4.69, 9.17) is 16.0 Å². The fraction of sp³-hybridized carbons (Fsp3) is 0.176. The van der Waals surface area contributed by atoms with E-state index >= 15 is 0 Å². The van der Waals surface area contributed by atoms with Gasteiger partial charge in [-0.25, -0.2) is 0 Å². The van der Waals surface area contributed by atoms with Crippen LogP contribution in [0, 0.1) is 6.92 Å². The van der Waals surface area contributed by atoms with Gasteiger partial charge in [0.2, 0.25) is 0 Å². The van der Waals surface area contributed by atoms with Crippen molar-refractivity contribution in [3.63, 3.8) is 0 Å². The van der Waals surface area contributed by atoms with E-state index < -0.39 is 0 Å². The van der Waals surface area contributed by atoms with Gasteiger partial charge in [-0.3, -0.25) is 0 Å². The van der Waals surface area contributed by atoms with Crippen molar-refractivity contribution in [3.05, 3.63) is 58.6 Å². The summed E-state index contributed by atoms with van der Waals surface area (Å²) in [7, 11) is 1.93. The second-order valence-electron chi connectivity index (χ2n) is 4.98. The third-order valence-corrected chi connectivity index (χ3v) is 3.61. The van der Waals surface area contributed by atoms with Crippen LogP contribution in [-0.4, -0.2) is 7.05 Å². The zero-order valence-corrected chi connectivity index (χ0v) is 12.3. The van der Waals surface area contributed by atoms with Gasteiger partial charge in [0.1, 0.15) is 11.3 Å². The average Bonchev–Trinajstić information content (AvgIpc) is 2.83. The topological polar surface area (TPSA) is 25.2 Å². The number of hydrogen-bond donors (Lipinski definition) is 1. The summed E-state index contributed by atoms with van der Waals surface area (Å²) in [4.78, 5) is 0.